The first kappa shape index (κ1) is 63.6. The number of pyridine rings is 1. The molecule has 2 fully saturated rings. The molecule has 1 aliphatic carbocycles. The lowest BCUT2D eigenvalue weighted by atomic mass is 10.2. The Morgan fingerprint density at radius 3 is 1.78 bits per heavy atom. The van der Waals surface area contributed by atoms with E-state index in [1.165, 1.54) is 80.5 Å². The van der Waals surface area contributed by atoms with Gasteiger partial charge in [0.15, 0.2) is 10.8 Å². The van der Waals surface area contributed by atoms with Gasteiger partial charge in [0.05, 0.1) is 54.3 Å². The molecule has 4 heterocycles. The SMILES string of the molecule is CC(C)=C1OC(=O)N(c2cc(OC3CCCC3)c(Cl)cc2F)C1=O.COc1cc(OC)nc(NC(=O)NS(=O)(=O)c2ncccc2C(=O)N(C)C)n1.O=C(Nc1nc(OC(F)F)cc(OC(F)F)n1)NS(=O)(=O)c1ccccc1C(=O)O. The first-order valence-corrected chi connectivity index (χ1v) is 26.2. The van der Waals surface area contributed by atoms with Crippen LogP contribution in [0.1, 0.15) is 60.2 Å². The molecule has 0 radical (unpaired) electrons. The van der Waals surface area contributed by atoms with Gasteiger partial charge in [-0.15, -0.1) is 0 Å². The highest BCUT2D eigenvalue weighted by Crippen LogP contribution is 2.38. The molecule has 0 atom stereocenters. The molecule has 7 rings (SSSR count). The molecule has 2 aliphatic rings. The second-order valence-corrected chi connectivity index (χ2v) is 20.1. The Bertz CT molecular complexity index is 3460. The van der Waals surface area contributed by atoms with Crippen LogP contribution in [-0.2, 0) is 29.6 Å². The van der Waals surface area contributed by atoms with E-state index >= 15 is 0 Å². The van der Waals surface area contributed by atoms with Gasteiger partial charge >= 0.3 is 43.3 Å². The van der Waals surface area contributed by atoms with Crippen molar-refractivity contribution in [1.29, 1.82) is 0 Å². The van der Waals surface area contributed by atoms with Gasteiger partial charge in [0.1, 0.15) is 16.5 Å². The lowest BCUT2D eigenvalue weighted by molar-refractivity contribution is -0.115. The summed E-state index contributed by atoms with van der Waals surface area (Å²) in [5.41, 5.74) is -0.521. The van der Waals surface area contributed by atoms with Crippen LogP contribution >= 0.6 is 11.6 Å². The zero-order valence-electron chi connectivity index (χ0n) is 43.1. The Morgan fingerprint density at radius 2 is 1.28 bits per heavy atom. The van der Waals surface area contributed by atoms with Crippen LogP contribution in [0.15, 0.2) is 88.1 Å². The Balaban J connectivity index is 0.000000227. The van der Waals surface area contributed by atoms with Crippen LogP contribution in [0.3, 0.4) is 0 Å². The Kier molecular flexibility index (Phi) is 21.5. The average Bonchev–Trinajstić information content (AvgIpc) is 4.20. The molecule has 82 heavy (non-hydrogen) atoms. The number of allylic oxidation sites excluding steroid dienone is 1. The summed E-state index contributed by atoms with van der Waals surface area (Å²) < 4.78 is 145. The number of cyclic esters (lactones) is 1. The summed E-state index contributed by atoms with van der Waals surface area (Å²) in [6, 6.07) is 8.45. The highest BCUT2D eigenvalue weighted by molar-refractivity contribution is 7.90. The Labute approximate surface area is 466 Å². The number of nitrogens with one attached hydrogen (secondary N) is 4. The second kappa shape index (κ2) is 27.8. The molecule has 28 nitrogen and oxygen atoms in total. The van der Waals surface area contributed by atoms with Crippen molar-refractivity contribution >= 4 is 85.2 Å². The molecule has 2 aromatic carbocycles. The number of hydrogen-bond donors (Lipinski definition) is 5. The van der Waals surface area contributed by atoms with Crippen molar-refractivity contribution in [2.45, 2.75) is 68.8 Å². The quantitative estimate of drug-likeness (QED) is 0.0485. The van der Waals surface area contributed by atoms with E-state index in [9.17, 15) is 67.6 Å². The van der Waals surface area contributed by atoms with Gasteiger partial charge in [0, 0.05) is 26.4 Å². The first-order chi connectivity index (χ1) is 38.5. The van der Waals surface area contributed by atoms with E-state index in [0.717, 1.165) is 43.9 Å². The average molecular weight is 1220 g/mol. The molecule has 440 valence electrons. The number of alkyl halides is 4. The number of rotatable bonds is 17. The molecule has 0 unspecified atom stereocenters. The van der Waals surface area contributed by atoms with Crippen LogP contribution in [-0.4, -0.2) is 135 Å². The maximum atomic E-state index is 14.3. The van der Waals surface area contributed by atoms with Crippen molar-refractivity contribution in [3.63, 3.8) is 0 Å². The number of anilines is 3. The first-order valence-electron chi connectivity index (χ1n) is 22.9. The van der Waals surface area contributed by atoms with E-state index in [1.807, 2.05) is 0 Å². The van der Waals surface area contributed by atoms with Crippen LogP contribution in [0.4, 0.5) is 53.9 Å². The standard InChI is InChI=1S/C17H17ClFNO4.C15H18N6O6S.C14H10F4N4O7S/c1-9(2)15-16(21)20(17(22)24-15)13-8-14(11(18)7-12(13)19)23-10-5-3-4-6-10;1-21(2)13(22)9-6-5-7-16-12(9)28(24,25)20-15(23)19-14-17-10(26-3)8-11(18-14)27-4;15-11(16)28-8-5-9(29-12(17)18)20-13(19-8)21-14(25)22-30(26,27)7-4-2-1-3-6(7)10(23)24/h7-8,10H,3-6H2,1-2H3;5-8H,1-4H3,(H2,17,18,19,20,23);1-5,11-12H,(H,23,24)(H2,19,20,21,22,25). The van der Waals surface area contributed by atoms with Crippen molar-refractivity contribution in [3.05, 3.63) is 100 Å². The number of carboxylic acids is 1. The summed E-state index contributed by atoms with van der Waals surface area (Å²) in [6.45, 7) is -3.55. The van der Waals surface area contributed by atoms with E-state index in [0.29, 0.717) is 16.5 Å². The molecule has 5 aromatic rings. The number of hydrogen-bond acceptors (Lipinski definition) is 21. The summed E-state index contributed by atoms with van der Waals surface area (Å²) in [6.07, 6.45) is 4.19. The number of sulfonamides is 2. The Morgan fingerprint density at radius 1 is 0.768 bits per heavy atom. The number of aromatic carboxylic acids is 1. The fourth-order valence-corrected chi connectivity index (χ4v) is 9.11. The number of amides is 7. The minimum absolute atomic E-state index is 0.00962. The number of benzene rings is 2. The summed E-state index contributed by atoms with van der Waals surface area (Å²) >= 11 is 6.04. The minimum atomic E-state index is -4.71. The van der Waals surface area contributed by atoms with Crippen molar-refractivity contribution in [1.82, 2.24) is 39.3 Å². The molecule has 1 aliphatic heterocycles. The van der Waals surface area contributed by atoms with Crippen molar-refractivity contribution in [3.8, 4) is 29.3 Å². The molecule has 36 heteroatoms. The van der Waals surface area contributed by atoms with Gasteiger partial charge in [0.25, 0.3) is 26.0 Å². The van der Waals surface area contributed by atoms with Gasteiger partial charge in [-0.2, -0.15) is 45.9 Å². The molecule has 3 aromatic heterocycles. The van der Waals surface area contributed by atoms with E-state index in [4.69, 9.17) is 35.7 Å². The third kappa shape index (κ3) is 17.1. The van der Waals surface area contributed by atoms with Gasteiger partial charge < -0.3 is 38.4 Å². The van der Waals surface area contributed by atoms with Crippen LogP contribution < -0.4 is 48.7 Å². The third-order valence-electron chi connectivity index (χ3n) is 10.2. The van der Waals surface area contributed by atoms with E-state index in [2.05, 4.69) is 39.7 Å². The fraction of sp³-hybridized carbons (Fsp3) is 0.283. The lowest BCUT2D eigenvalue weighted by Crippen LogP contribution is -2.36. The number of nitrogens with zero attached hydrogens (tertiary/aromatic N) is 7. The van der Waals surface area contributed by atoms with Gasteiger partial charge in [0.2, 0.25) is 35.4 Å². The van der Waals surface area contributed by atoms with E-state index in [1.54, 1.807) is 23.9 Å². The normalized spacial score (nSPS) is 13.1. The summed E-state index contributed by atoms with van der Waals surface area (Å²) in [7, 11) is -3.56. The second-order valence-electron chi connectivity index (χ2n) is 16.5. The van der Waals surface area contributed by atoms with Crippen molar-refractivity contribution < 1.29 is 101 Å². The molecular weight excluding hydrogens is 1170 g/mol. The van der Waals surface area contributed by atoms with Gasteiger partial charge in [-0.25, -0.2) is 51.3 Å². The fourth-order valence-electron chi connectivity index (χ4n) is 6.77. The minimum Gasteiger partial charge on any atom is -0.489 e. The maximum Gasteiger partial charge on any atom is 0.427 e. The topological polar surface area (TPSA) is 365 Å². The van der Waals surface area contributed by atoms with Crippen molar-refractivity contribution in [2.75, 3.05) is 43.8 Å². The molecule has 7 amide bonds. The monoisotopic (exact) mass is 1220 g/mol. The maximum absolute atomic E-state index is 14.3. The molecule has 1 saturated carbocycles. The summed E-state index contributed by atoms with van der Waals surface area (Å²) in [4.78, 5) is 90.8. The molecular formula is C46H45ClF5N11O17S2. The largest absolute Gasteiger partial charge is 0.489 e. The zero-order chi connectivity index (χ0) is 60.8. The lowest BCUT2D eigenvalue weighted by Gasteiger charge is -2.18. The number of carbonyl (C=O) groups is 6. The molecule has 0 spiro atoms. The van der Waals surface area contributed by atoms with E-state index in [-0.39, 0.29) is 51.6 Å². The number of aromatic nitrogens is 5. The molecule has 5 N–H and O–H groups in total. The van der Waals surface area contributed by atoms with Crippen LogP contribution in [0.2, 0.25) is 5.02 Å². The van der Waals surface area contributed by atoms with Crippen molar-refractivity contribution in [2.24, 2.45) is 0 Å². The predicted octanol–water partition coefficient (Wildman–Crippen LogP) is 6.57. The number of carbonyl (C=O) groups excluding carboxylic acids is 5. The van der Waals surface area contributed by atoms with Crippen LogP contribution in [0.25, 0.3) is 0 Å². The summed E-state index contributed by atoms with van der Waals surface area (Å²) in [5.74, 6) is -6.44. The van der Waals surface area contributed by atoms with E-state index < -0.39 is 108 Å². The summed E-state index contributed by atoms with van der Waals surface area (Å²) in [5, 5.41) is 12.4. The molecule has 1 saturated heterocycles. The number of urea groups is 2. The van der Waals surface area contributed by atoms with Gasteiger partial charge in [-0.3, -0.25) is 20.2 Å². The van der Waals surface area contributed by atoms with Crippen LogP contribution in [0, 0.1) is 5.82 Å². The smallest absolute Gasteiger partial charge is 0.427 e. The number of ether oxygens (including phenoxy) is 6. The van der Waals surface area contributed by atoms with Gasteiger partial charge in [-0.1, -0.05) is 23.7 Å². The zero-order valence-corrected chi connectivity index (χ0v) is 45.5. The predicted molar refractivity (Wildman–Crippen MR) is 271 cm³/mol. The molecule has 0 bridgehead atoms. The number of halogens is 6. The Hall–Kier alpha value is -9.25. The highest BCUT2D eigenvalue weighted by Gasteiger charge is 2.40. The number of carboxylic acid groups (broad SMARTS) is 1. The number of imide groups is 1. The van der Waals surface area contributed by atoms with Gasteiger partial charge in [-0.05, 0) is 75.4 Å². The number of methoxy groups -OCH3 is 2. The van der Waals surface area contributed by atoms with Crippen LogP contribution in [0.5, 0.6) is 29.3 Å². The highest BCUT2D eigenvalue weighted by atomic mass is 35.5. The third-order valence-corrected chi connectivity index (χ3v) is 13.2.